The topological polar surface area (TPSA) is 47.9 Å². The fourth-order valence-corrected chi connectivity index (χ4v) is 3.27. The van der Waals surface area contributed by atoms with Crippen molar-refractivity contribution in [1.29, 1.82) is 5.41 Å². The van der Waals surface area contributed by atoms with Gasteiger partial charge < -0.3 is 16.0 Å². The van der Waals surface area contributed by atoms with E-state index in [1.54, 1.807) is 42.3 Å². The predicted molar refractivity (Wildman–Crippen MR) is 121 cm³/mol. The predicted octanol–water partition coefficient (Wildman–Crippen LogP) is 5.82. The van der Waals surface area contributed by atoms with E-state index in [2.05, 4.69) is 55.5 Å². The van der Waals surface area contributed by atoms with Crippen LogP contribution >= 0.6 is 11.8 Å². The number of thioether (sulfide) groups is 1. The number of hydrogen-bond acceptors (Lipinski definition) is 4. The Hall–Kier alpha value is -2.56. The normalized spacial score (nSPS) is 12.9. The summed E-state index contributed by atoms with van der Waals surface area (Å²) < 4.78 is 0. The summed E-state index contributed by atoms with van der Waals surface area (Å²) in [6.45, 7) is 15.4. The van der Waals surface area contributed by atoms with Gasteiger partial charge >= 0.3 is 0 Å². The van der Waals surface area contributed by atoms with Gasteiger partial charge in [0.05, 0.1) is 11.8 Å². The fraction of sp³-hybridized carbons (Fsp3) is 0.174. The molecular formula is C23H29N3S. The lowest BCUT2D eigenvalue weighted by atomic mass is 10.0. The van der Waals surface area contributed by atoms with E-state index in [4.69, 9.17) is 5.41 Å². The Bertz CT molecular complexity index is 785. The summed E-state index contributed by atoms with van der Waals surface area (Å²) in [5.74, 6) is 0. The Labute approximate surface area is 167 Å². The third kappa shape index (κ3) is 7.69. The van der Waals surface area contributed by atoms with E-state index in [9.17, 15) is 0 Å². The third-order valence-electron chi connectivity index (χ3n) is 3.75. The highest BCUT2D eigenvalue weighted by Crippen LogP contribution is 2.32. The Morgan fingerprint density at radius 2 is 2.00 bits per heavy atom. The lowest BCUT2D eigenvalue weighted by Crippen LogP contribution is -2.15. The molecule has 0 aromatic heterocycles. The average molecular weight is 380 g/mol. The Balaban J connectivity index is 3.01. The van der Waals surface area contributed by atoms with Crippen LogP contribution in [0, 0.1) is 12.3 Å². The third-order valence-corrected chi connectivity index (χ3v) is 4.92. The monoisotopic (exact) mass is 379 g/mol. The maximum Gasteiger partial charge on any atom is 0.0537 e. The lowest BCUT2D eigenvalue weighted by Gasteiger charge is -2.16. The standard InChI is InChI=1S/C23H29N3S/c1-7-9-10-19(24)11-14-22(25-6)21-13-12-20(15-18(21)5)27-23(17(3)4)16-26-8-2/h7-16,22,24-26H,1-3H2,4-6H3/b10-9-,14-11+,23-16-,24-19?. The molecule has 0 saturated heterocycles. The smallest absolute Gasteiger partial charge is 0.0537 e. The lowest BCUT2D eigenvalue weighted by molar-refractivity contribution is 0.710. The molecule has 0 saturated carbocycles. The minimum Gasteiger partial charge on any atom is -0.367 e. The first-order chi connectivity index (χ1) is 12.9. The zero-order chi connectivity index (χ0) is 20.2. The summed E-state index contributed by atoms with van der Waals surface area (Å²) in [6.07, 6.45) is 12.5. The van der Waals surface area contributed by atoms with Crippen LogP contribution in [0.4, 0.5) is 0 Å². The van der Waals surface area contributed by atoms with Gasteiger partial charge in [0.1, 0.15) is 0 Å². The molecule has 1 aromatic carbocycles. The maximum absolute atomic E-state index is 7.90. The van der Waals surface area contributed by atoms with Crippen LogP contribution in [0.5, 0.6) is 0 Å². The number of nitrogens with one attached hydrogen (secondary N) is 3. The molecule has 3 nitrogen and oxygen atoms in total. The molecule has 0 radical (unpaired) electrons. The van der Waals surface area contributed by atoms with Crippen molar-refractivity contribution in [3.05, 3.63) is 102 Å². The summed E-state index contributed by atoms with van der Waals surface area (Å²) in [5, 5.41) is 14.2. The molecule has 0 heterocycles. The number of aryl methyl sites for hydroxylation is 1. The van der Waals surface area contributed by atoms with E-state index >= 15 is 0 Å². The zero-order valence-corrected chi connectivity index (χ0v) is 17.2. The van der Waals surface area contributed by atoms with Crippen LogP contribution in [0.15, 0.2) is 96.1 Å². The molecule has 0 amide bonds. The van der Waals surface area contributed by atoms with Crippen molar-refractivity contribution in [2.75, 3.05) is 7.05 Å². The van der Waals surface area contributed by atoms with Crippen molar-refractivity contribution in [3.63, 3.8) is 0 Å². The highest BCUT2D eigenvalue weighted by molar-refractivity contribution is 8.03. The minimum atomic E-state index is 0.0418. The van der Waals surface area contributed by atoms with Crippen molar-refractivity contribution in [1.82, 2.24) is 10.6 Å². The molecule has 1 unspecified atom stereocenters. The van der Waals surface area contributed by atoms with E-state index in [0.29, 0.717) is 5.71 Å². The molecule has 0 aliphatic carbocycles. The van der Waals surface area contributed by atoms with Gasteiger partial charge in [-0.05, 0) is 68.1 Å². The first-order valence-corrected chi connectivity index (χ1v) is 9.49. The fourth-order valence-electron chi connectivity index (χ4n) is 2.34. The second-order valence-electron chi connectivity index (χ2n) is 5.96. The number of hydrogen-bond donors (Lipinski definition) is 3. The second kappa shape index (κ2) is 11.9. The van der Waals surface area contributed by atoms with E-state index in [-0.39, 0.29) is 6.04 Å². The van der Waals surface area contributed by atoms with Gasteiger partial charge in [-0.2, -0.15) is 0 Å². The maximum atomic E-state index is 7.90. The molecule has 1 rings (SSSR count). The summed E-state index contributed by atoms with van der Waals surface area (Å²) in [4.78, 5) is 2.21. The molecule has 142 valence electrons. The van der Waals surface area contributed by atoms with Crippen LogP contribution in [0.25, 0.3) is 0 Å². The highest BCUT2D eigenvalue weighted by Gasteiger charge is 2.10. The Kier molecular flexibility index (Phi) is 9.94. The molecule has 0 bridgehead atoms. The molecule has 3 N–H and O–H groups in total. The molecule has 27 heavy (non-hydrogen) atoms. The van der Waals surface area contributed by atoms with E-state index in [1.807, 2.05) is 26.2 Å². The van der Waals surface area contributed by atoms with Gasteiger partial charge in [-0.25, -0.2) is 0 Å². The van der Waals surface area contributed by atoms with Crippen LogP contribution in [-0.4, -0.2) is 12.8 Å². The molecule has 4 heteroatoms. The molecule has 0 aliphatic heterocycles. The van der Waals surface area contributed by atoms with E-state index in [1.165, 1.54) is 11.1 Å². The first-order valence-electron chi connectivity index (χ1n) is 8.67. The number of allylic oxidation sites excluding steroid dienone is 5. The molecule has 1 aromatic rings. The summed E-state index contributed by atoms with van der Waals surface area (Å²) in [5.41, 5.74) is 3.81. The van der Waals surface area contributed by atoms with Gasteiger partial charge in [0, 0.05) is 16.0 Å². The van der Waals surface area contributed by atoms with Gasteiger partial charge in [0.25, 0.3) is 0 Å². The summed E-state index contributed by atoms with van der Waals surface area (Å²) in [7, 11) is 1.92. The number of likely N-dealkylation sites (N-methyl/N-ethyl adjacent to an activating group) is 1. The Morgan fingerprint density at radius 3 is 2.56 bits per heavy atom. The van der Waals surface area contributed by atoms with Crippen LogP contribution in [0.3, 0.4) is 0 Å². The van der Waals surface area contributed by atoms with Crippen molar-refractivity contribution < 1.29 is 0 Å². The molecule has 0 spiro atoms. The van der Waals surface area contributed by atoms with Crippen LogP contribution < -0.4 is 10.6 Å². The Morgan fingerprint density at radius 1 is 1.26 bits per heavy atom. The van der Waals surface area contributed by atoms with Gasteiger partial charge in [-0.3, -0.25) is 0 Å². The molecule has 0 aliphatic rings. The van der Waals surface area contributed by atoms with Gasteiger partial charge in [-0.1, -0.05) is 55.8 Å². The van der Waals surface area contributed by atoms with Gasteiger partial charge in [0.15, 0.2) is 0 Å². The largest absolute Gasteiger partial charge is 0.367 e. The number of rotatable bonds is 11. The van der Waals surface area contributed by atoms with Crippen molar-refractivity contribution in [3.8, 4) is 0 Å². The van der Waals surface area contributed by atoms with Crippen LogP contribution in [0.1, 0.15) is 24.1 Å². The average Bonchev–Trinajstić information content (AvgIpc) is 2.64. The SMILES string of the molecule is C=C/C=C\C(=N)/C=C/C(NC)c1ccc(S/C(=C\NC=C)C(=C)C)cc1C. The summed E-state index contributed by atoms with van der Waals surface area (Å²) >= 11 is 1.67. The van der Waals surface area contributed by atoms with E-state index < -0.39 is 0 Å². The quantitative estimate of drug-likeness (QED) is 0.258. The van der Waals surface area contributed by atoms with Gasteiger partial charge in [0.2, 0.25) is 0 Å². The molecule has 1 atom stereocenters. The van der Waals surface area contributed by atoms with Crippen molar-refractivity contribution >= 4 is 17.5 Å². The highest BCUT2D eigenvalue weighted by atomic mass is 32.2. The molecule has 0 fully saturated rings. The number of benzene rings is 1. The van der Waals surface area contributed by atoms with Gasteiger partial charge in [-0.15, -0.1) is 0 Å². The second-order valence-corrected chi connectivity index (χ2v) is 7.07. The first kappa shape index (κ1) is 22.5. The minimum absolute atomic E-state index is 0.0418. The van der Waals surface area contributed by atoms with Crippen molar-refractivity contribution in [2.45, 2.75) is 24.8 Å². The zero-order valence-electron chi connectivity index (χ0n) is 16.4. The summed E-state index contributed by atoms with van der Waals surface area (Å²) in [6, 6.07) is 6.45. The molecular weight excluding hydrogens is 350 g/mol. The van der Waals surface area contributed by atoms with Crippen molar-refractivity contribution in [2.24, 2.45) is 0 Å². The van der Waals surface area contributed by atoms with Crippen LogP contribution in [-0.2, 0) is 0 Å². The van der Waals surface area contributed by atoms with Crippen LogP contribution in [0.2, 0.25) is 0 Å². The van der Waals surface area contributed by atoms with E-state index in [0.717, 1.165) is 15.4 Å².